The Morgan fingerprint density at radius 1 is 1.11 bits per heavy atom. The zero-order valence-corrected chi connectivity index (χ0v) is 31.3. The van der Waals surface area contributed by atoms with Crippen molar-refractivity contribution in [3.05, 3.63) is 82.1 Å². The number of aryl methyl sites for hydroxylation is 1. The van der Waals surface area contributed by atoms with Gasteiger partial charge in [0.15, 0.2) is 0 Å². The number of alkyl halides is 3. The molecule has 6 rings (SSSR count). The van der Waals surface area contributed by atoms with Crippen molar-refractivity contribution in [2.75, 3.05) is 18.6 Å². The monoisotopic (exact) mass is 778 g/mol. The van der Waals surface area contributed by atoms with Crippen molar-refractivity contribution in [1.82, 2.24) is 4.98 Å². The summed E-state index contributed by atoms with van der Waals surface area (Å²) in [5.74, 6) is -2.21. The molecular formula is C38H43ClF3N2O8P. The highest BCUT2D eigenvalue weighted by atomic mass is 35.5. The number of carbonyl (C=O) groups excluding carboxylic acids is 2. The van der Waals surface area contributed by atoms with Crippen molar-refractivity contribution in [3.8, 4) is 11.5 Å². The first-order chi connectivity index (χ1) is 25.0. The molecule has 286 valence electrons. The van der Waals surface area contributed by atoms with Gasteiger partial charge in [-0.3, -0.25) is 24.5 Å². The summed E-state index contributed by atoms with van der Waals surface area (Å²) < 4.78 is 71.2. The van der Waals surface area contributed by atoms with Crippen molar-refractivity contribution >= 4 is 37.0 Å². The highest BCUT2D eigenvalue weighted by molar-refractivity contribution is 7.46. The van der Waals surface area contributed by atoms with Crippen LogP contribution >= 0.6 is 19.4 Å². The van der Waals surface area contributed by atoms with Crippen LogP contribution in [0.4, 0.5) is 18.9 Å². The number of halogens is 4. The summed E-state index contributed by atoms with van der Waals surface area (Å²) in [5, 5.41) is 0.0788. The summed E-state index contributed by atoms with van der Waals surface area (Å²) in [7, 11) is -3.84. The molecule has 1 amide bonds. The van der Waals surface area contributed by atoms with Crippen LogP contribution in [0.3, 0.4) is 0 Å². The van der Waals surface area contributed by atoms with Gasteiger partial charge in [0.25, 0.3) is 0 Å². The molecule has 1 heterocycles. The molecule has 1 spiro atoms. The van der Waals surface area contributed by atoms with Crippen molar-refractivity contribution in [1.29, 1.82) is 0 Å². The number of phosphoric acid groups is 1. The third kappa shape index (κ3) is 7.81. The number of hydrogen-bond acceptors (Lipinski definition) is 7. The Labute approximate surface area is 311 Å². The van der Waals surface area contributed by atoms with Crippen LogP contribution < -0.4 is 14.2 Å². The minimum absolute atomic E-state index is 0.0155. The van der Waals surface area contributed by atoms with Crippen LogP contribution in [0.2, 0.25) is 5.02 Å². The topological polar surface area (TPSA) is 135 Å². The first-order valence-electron chi connectivity index (χ1n) is 17.7. The second-order valence-corrected chi connectivity index (χ2v) is 16.3. The predicted octanol–water partition coefficient (Wildman–Crippen LogP) is 8.24. The van der Waals surface area contributed by atoms with Gasteiger partial charge >= 0.3 is 25.9 Å². The first kappa shape index (κ1) is 39.1. The Morgan fingerprint density at radius 3 is 2.51 bits per heavy atom. The molecule has 0 aliphatic heterocycles. The highest BCUT2D eigenvalue weighted by Crippen LogP contribution is 2.58. The molecule has 3 aliphatic carbocycles. The SMILES string of the molecule is COC(=O)C1(N(C(=O)C(F)(F)F)c2cccc(Cl)c2)CCC2(CC1)c1cc(OP(=O)(O)O)ccc1C[C@@H]2C[C@@H](C)COc1ccnc2c1[C@H](C)CCC2. The van der Waals surface area contributed by atoms with Crippen molar-refractivity contribution in [2.24, 2.45) is 11.8 Å². The fraction of sp³-hybridized carbons (Fsp3) is 0.500. The van der Waals surface area contributed by atoms with E-state index in [-0.39, 0.29) is 54.0 Å². The van der Waals surface area contributed by atoms with Gasteiger partial charge in [-0.1, -0.05) is 37.6 Å². The number of esters is 1. The van der Waals surface area contributed by atoms with E-state index in [9.17, 15) is 37.1 Å². The van der Waals surface area contributed by atoms with Gasteiger partial charge in [0.2, 0.25) is 0 Å². The zero-order chi connectivity index (χ0) is 38.3. The molecule has 10 nitrogen and oxygen atoms in total. The van der Waals surface area contributed by atoms with Crippen LogP contribution in [-0.4, -0.2) is 52.1 Å². The van der Waals surface area contributed by atoms with E-state index >= 15 is 0 Å². The number of hydrogen-bond donors (Lipinski definition) is 2. The van der Waals surface area contributed by atoms with Crippen LogP contribution in [0, 0.1) is 11.8 Å². The third-order valence-electron chi connectivity index (χ3n) is 11.4. The number of amides is 1. The highest BCUT2D eigenvalue weighted by Gasteiger charge is 2.60. The molecule has 3 atom stereocenters. The Kier molecular flexibility index (Phi) is 11.0. The van der Waals surface area contributed by atoms with Crippen molar-refractivity contribution < 1.29 is 51.1 Å². The fourth-order valence-electron chi connectivity index (χ4n) is 9.03. The lowest BCUT2D eigenvalue weighted by molar-refractivity contribution is -0.174. The number of aromatic nitrogens is 1. The molecule has 2 N–H and O–H groups in total. The van der Waals surface area contributed by atoms with Gasteiger partial charge in [0.05, 0.1) is 13.7 Å². The number of phosphoric ester groups is 1. The largest absolute Gasteiger partial charge is 0.524 e. The summed E-state index contributed by atoms with van der Waals surface area (Å²) in [5.41, 5.74) is 0.866. The number of pyridine rings is 1. The quantitative estimate of drug-likeness (QED) is 0.154. The second-order valence-electron chi connectivity index (χ2n) is 14.7. The number of methoxy groups -OCH3 is 1. The fourth-order valence-corrected chi connectivity index (χ4v) is 9.61. The number of fused-ring (bicyclic) bond motifs is 3. The zero-order valence-electron chi connectivity index (χ0n) is 29.7. The van der Waals surface area contributed by atoms with E-state index in [0.717, 1.165) is 54.5 Å². The lowest BCUT2D eigenvalue weighted by Gasteiger charge is -2.51. The van der Waals surface area contributed by atoms with Crippen LogP contribution in [0.15, 0.2) is 54.7 Å². The molecule has 1 saturated carbocycles. The second kappa shape index (κ2) is 14.9. The molecule has 2 aromatic carbocycles. The van der Waals surface area contributed by atoms with Gasteiger partial charge in [-0.05, 0) is 128 Å². The average Bonchev–Trinajstić information content (AvgIpc) is 3.38. The van der Waals surface area contributed by atoms with Crippen LogP contribution in [-0.2, 0) is 37.1 Å². The van der Waals surface area contributed by atoms with E-state index in [1.54, 1.807) is 18.3 Å². The molecule has 0 saturated heterocycles. The Bertz CT molecular complexity index is 1910. The first-order valence-corrected chi connectivity index (χ1v) is 19.6. The van der Waals surface area contributed by atoms with Crippen LogP contribution in [0.25, 0.3) is 0 Å². The number of rotatable bonds is 10. The average molecular weight is 779 g/mol. The number of benzene rings is 2. The van der Waals surface area contributed by atoms with E-state index in [2.05, 4.69) is 18.8 Å². The molecule has 1 fully saturated rings. The van der Waals surface area contributed by atoms with Gasteiger partial charge in [-0.2, -0.15) is 13.2 Å². The van der Waals surface area contributed by atoms with Crippen molar-refractivity contribution in [2.45, 2.75) is 94.7 Å². The van der Waals surface area contributed by atoms with E-state index in [4.69, 9.17) is 25.6 Å². The third-order valence-corrected chi connectivity index (χ3v) is 12.0. The van der Waals surface area contributed by atoms with Gasteiger partial charge in [-0.25, -0.2) is 9.36 Å². The number of anilines is 1. The summed E-state index contributed by atoms with van der Waals surface area (Å²) in [6.07, 6.45) is 0.605. The van der Waals surface area contributed by atoms with E-state index in [1.807, 2.05) is 6.07 Å². The minimum Gasteiger partial charge on any atom is -0.493 e. The number of carbonyl (C=O) groups is 2. The van der Waals surface area contributed by atoms with Gasteiger partial charge in [0.1, 0.15) is 17.0 Å². The summed E-state index contributed by atoms with van der Waals surface area (Å²) >= 11 is 6.18. The number of ether oxygens (including phenoxy) is 2. The minimum atomic E-state index is -5.32. The van der Waals surface area contributed by atoms with Crippen LogP contribution in [0.1, 0.15) is 87.1 Å². The van der Waals surface area contributed by atoms with E-state index in [1.165, 1.54) is 30.3 Å². The lowest BCUT2D eigenvalue weighted by Crippen LogP contribution is -2.63. The summed E-state index contributed by atoms with van der Waals surface area (Å²) in [4.78, 5) is 51.2. The Morgan fingerprint density at radius 2 is 1.85 bits per heavy atom. The summed E-state index contributed by atoms with van der Waals surface area (Å²) in [6, 6.07) is 12.1. The maximum atomic E-state index is 14.3. The van der Waals surface area contributed by atoms with E-state index < -0.39 is 36.8 Å². The molecule has 15 heteroatoms. The van der Waals surface area contributed by atoms with Gasteiger partial charge in [0, 0.05) is 28.2 Å². The maximum Gasteiger partial charge on any atom is 0.524 e. The Balaban J connectivity index is 1.35. The molecule has 1 aromatic heterocycles. The normalized spacial score (nSPS) is 24.5. The number of nitrogens with zero attached hydrogens (tertiary/aromatic N) is 2. The molecular weight excluding hydrogens is 736 g/mol. The molecule has 53 heavy (non-hydrogen) atoms. The molecule has 3 aromatic rings. The Hall–Kier alpha value is -3.64. The van der Waals surface area contributed by atoms with Gasteiger partial charge in [-0.15, -0.1) is 0 Å². The summed E-state index contributed by atoms with van der Waals surface area (Å²) in [6.45, 7) is 4.64. The molecule has 0 bridgehead atoms. The maximum absolute atomic E-state index is 14.3. The molecule has 0 unspecified atom stereocenters. The van der Waals surface area contributed by atoms with Crippen molar-refractivity contribution in [3.63, 3.8) is 0 Å². The lowest BCUT2D eigenvalue weighted by atomic mass is 9.59. The van der Waals surface area contributed by atoms with Crippen LogP contribution in [0.5, 0.6) is 11.5 Å². The predicted molar refractivity (Wildman–Crippen MR) is 191 cm³/mol. The standard InChI is InChI=1S/C38H43ClF3N2O8P/c1-23(22-51-32-12-17-43-31-9-4-6-24(2)33(31)32)18-26-19-25-10-11-29(52-53(47,48)49)21-30(25)36(26)13-15-37(16-14-36,35(46)50-3)44(34(45)38(40,41)42)28-8-5-7-27(39)20-28/h5,7-8,10-12,17,20-21,23-24,26H,4,6,9,13-16,18-19,22H2,1-3H3,(H2,47,48,49)/t23-,24-,26+,36?,37?/m1/s1. The molecule has 0 radical (unpaired) electrons. The molecule has 3 aliphatic rings. The van der Waals surface area contributed by atoms with Gasteiger partial charge < -0.3 is 14.0 Å². The smallest absolute Gasteiger partial charge is 0.493 e. The van der Waals surface area contributed by atoms with E-state index in [0.29, 0.717) is 30.3 Å².